The standard InChI is InChI=1S/C17H24N2O2.ClH/c20-17(19-9-1-2-10-19)15-6-3-7-16(11-15)21-13-14-5-4-8-18-12-14;/h3,6-7,11,14,18H,1-2,4-5,8-10,12-13H2;1H. The van der Waals surface area contributed by atoms with Crippen molar-refractivity contribution in [3.05, 3.63) is 29.8 Å². The first-order chi connectivity index (χ1) is 10.3. The highest BCUT2D eigenvalue weighted by atomic mass is 35.5. The van der Waals surface area contributed by atoms with Crippen molar-refractivity contribution in [1.82, 2.24) is 10.2 Å². The van der Waals surface area contributed by atoms with E-state index < -0.39 is 0 Å². The van der Waals surface area contributed by atoms with E-state index in [9.17, 15) is 4.79 Å². The summed E-state index contributed by atoms with van der Waals surface area (Å²) >= 11 is 0. The third-order valence-electron chi connectivity index (χ3n) is 4.36. The summed E-state index contributed by atoms with van der Waals surface area (Å²) < 4.78 is 5.89. The van der Waals surface area contributed by atoms with Crippen molar-refractivity contribution in [2.24, 2.45) is 5.92 Å². The Bertz CT molecular complexity index is 483. The molecule has 1 aromatic carbocycles. The van der Waals surface area contributed by atoms with Gasteiger partial charge in [0.2, 0.25) is 0 Å². The lowest BCUT2D eigenvalue weighted by Crippen LogP contribution is -2.33. The van der Waals surface area contributed by atoms with Crippen LogP contribution in [0.15, 0.2) is 24.3 Å². The molecule has 0 aliphatic carbocycles. The molecule has 1 aromatic rings. The minimum absolute atomic E-state index is 0. The number of piperidine rings is 1. The van der Waals surface area contributed by atoms with Gasteiger partial charge in [0.05, 0.1) is 6.61 Å². The number of nitrogens with zero attached hydrogens (tertiary/aromatic N) is 1. The fourth-order valence-electron chi connectivity index (χ4n) is 3.10. The van der Waals surface area contributed by atoms with Gasteiger partial charge in [0, 0.05) is 31.1 Å². The summed E-state index contributed by atoms with van der Waals surface area (Å²) in [6.45, 7) is 4.66. The molecule has 3 rings (SSSR count). The Labute approximate surface area is 138 Å². The normalized spacial score (nSPS) is 21.3. The van der Waals surface area contributed by atoms with E-state index in [0.717, 1.165) is 56.9 Å². The van der Waals surface area contributed by atoms with Gasteiger partial charge in [-0.05, 0) is 50.4 Å². The quantitative estimate of drug-likeness (QED) is 0.926. The Morgan fingerprint density at radius 2 is 2.09 bits per heavy atom. The molecule has 2 aliphatic rings. The van der Waals surface area contributed by atoms with Crippen LogP contribution < -0.4 is 10.1 Å². The number of likely N-dealkylation sites (tertiary alicyclic amines) is 1. The number of amides is 1. The number of hydrogen-bond donors (Lipinski definition) is 1. The molecule has 0 bridgehead atoms. The van der Waals surface area contributed by atoms with Crippen LogP contribution >= 0.6 is 12.4 Å². The van der Waals surface area contributed by atoms with Gasteiger partial charge in [0.25, 0.3) is 5.91 Å². The molecule has 2 saturated heterocycles. The van der Waals surface area contributed by atoms with E-state index in [1.807, 2.05) is 29.2 Å². The maximum Gasteiger partial charge on any atom is 0.253 e. The van der Waals surface area contributed by atoms with Crippen LogP contribution in [0.4, 0.5) is 0 Å². The lowest BCUT2D eigenvalue weighted by atomic mass is 10.0. The lowest BCUT2D eigenvalue weighted by molar-refractivity contribution is 0.0792. The van der Waals surface area contributed by atoms with Crippen molar-refractivity contribution in [3.8, 4) is 5.75 Å². The summed E-state index contributed by atoms with van der Waals surface area (Å²) in [5.74, 6) is 1.53. The second-order valence-electron chi connectivity index (χ2n) is 6.05. The number of ether oxygens (including phenoxy) is 1. The first-order valence-electron chi connectivity index (χ1n) is 8.06. The summed E-state index contributed by atoms with van der Waals surface area (Å²) in [5, 5.41) is 3.40. The highest BCUT2D eigenvalue weighted by Gasteiger charge is 2.20. The van der Waals surface area contributed by atoms with Gasteiger partial charge in [-0.25, -0.2) is 0 Å². The van der Waals surface area contributed by atoms with Crippen molar-refractivity contribution in [2.45, 2.75) is 25.7 Å². The Morgan fingerprint density at radius 1 is 1.27 bits per heavy atom. The predicted molar refractivity (Wildman–Crippen MR) is 89.9 cm³/mol. The molecule has 5 heteroatoms. The molecular formula is C17H25ClN2O2. The Morgan fingerprint density at radius 3 is 2.82 bits per heavy atom. The Hall–Kier alpha value is -1.26. The van der Waals surface area contributed by atoms with E-state index in [2.05, 4.69) is 5.32 Å². The first kappa shape index (κ1) is 17.1. The largest absolute Gasteiger partial charge is 0.493 e. The summed E-state index contributed by atoms with van der Waals surface area (Å²) in [4.78, 5) is 14.3. The topological polar surface area (TPSA) is 41.6 Å². The van der Waals surface area contributed by atoms with Gasteiger partial charge in [-0.1, -0.05) is 6.07 Å². The number of hydrogen-bond acceptors (Lipinski definition) is 3. The molecule has 1 atom stereocenters. The third-order valence-corrected chi connectivity index (χ3v) is 4.36. The zero-order chi connectivity index (χ0) is 14.5. The molecule has 1 amide bonds. The van der Waals surface area contributed by atoms with Gasteiger partial charge >= 0.3 is 0 Å². The van der Waals surface area contributed by atoms with Crippen LogP contribution in [0, 0.1) is 5.92 Å². The number of benzene rings is 1. The lowest BCUT2D eigenvalue weighted by Gasteiger charge is -2.23. The second kappa shape index (κ2) is 8.39. The van der Waals surface area contributed by atoms with Crippen LogP contribution in [0.1, 0.15) is 36.0 Å². The van der Waals surface area contributed by atoms with Crippen molar-refractivity contribution in [1.29, 1.82) is 0 Å². The SMILES string of the molecule is Cl.O=C(c1cccc(OCC2CCCNC2)c1)N1CCCC1. The van der Waals surface area contributed by atoms with Crippen LogP contribution in [-0.2, 0) is 0 Å². The predicted octanol–water partition coefficient (Wildman–Crippen LogP) is 2.72. The minimum atomic E-state index is 0. The van der Waals surface area contributed by atoms with Crippen LogP contribution in [0.2, 0.25) is 0 Å². The summed E-state index contributed by atoms with van der Waals surface area (Å²) in [6.07, 6.45) is 4.69. The summed E-state index contributed by atoms with van der Waals surface area (Å²) in [6, 6.07) is 7.63. The monoisotopic (exact) mass is 324 g/mol. The number of halogens is 1. The Kier molecular flexibility index (Phi) is 6.52. The fourth-order valence-corrected chi connectivity index (χ4v) is 3.10. The highest BCUT2D eigenvalue weighted by molar-refractivity contribution is 5.94. The van der Waals surface area contributed by atoms with E-state index >= 15 is 0 Å². The molecule has 2 fully saturated rings. The third kappa shape index (κ3) is 4.37. The van der Waals surface area contributed by atoms with Gasteiger partial charge in [-0.15, -0.1) is 12.4 Å². The second-order valence-corrected chi connectivity index (χ2v) is 6.05. The van der Waals surface area contributed by atoms with Gasteiger partial charge in [0.15, 0.2) is 0 Å². The van der Waals surface area contributed by atoms with Crippen molar-refractivity contribution in [2.75, 3.05) is 32.8 Å². The maximum absolute atomic E-state index is 12.4. The molecule has 0 radical (unpaired) electrons. The van der Waals surface area contributed by atoms with Crippen molar-refractivity contribution in [3.63, 3.8) is 0 Å². The van der Waals surface area contributed by atoms with Crippen LogP contribution in [-0.4, -0.2) is 43.6 Å². The van der Waals surface area contributed by atoms with Crippen LogP contribution in [0.3, 0.4) is 0 Å². The van der Waals surface area contributed by atoms with Gasteiger partial charge in [0.1, 0.15) is 5.75 Å². The molecule has 2 aliphatic heterocycles. The van der Waals surface area contributed by atoms with Crippen molar-refractivity contribution >= 4 is 18.3 Å². The van der Waals surface area contributed by atoms with E-state index in [-0.39, 0.29) is 18.3 Å². The fraction of sp³-hybridized carbons (Fsp3) is 0.588. The molecule has 22 heavy (non-hydrogen) atoms. The van der Waals surface area contributed by atoms with Crippen LogP contribution in [0.25, 0.3) is 0 Å². The smallest absolute Gasteiger partial charge is 0.253 e. The first-order valence-corrected chi connectivity index (χ1v) is 8.06. The molecule has 1 N–H and O–H groups in total. The molecule has 0 spiro atoms. The van der Waals surface area contributed by atoms with E-state index in [1.54, 1.807) is 0 Å². The number of carbonyl (C=O) groups is 1. The van der Waals surface area contributed by atoms with Gasteiger partial charge in [-0.2, -0.15) is 0 Å². The number of nitrogens with one attached hydrogen (secondary N) is 1. The molecular weight excluding hydrogens is 300 g/mol. The highest BCUT2D eigenvalue weighted by Crippen LogP contribution is 2.19. The molecule has 122 valence electrons. The molecule has 0 saturated carbocycles. The summed E-state index contributed by atoms with van der Waals surface area (Å²) in [7, 11) is 0. The Balaban J connectivity index is 0.00000176. The summed E-state index contributed by atoms with van der Waals surface area (Å²) in [5.41, 5.74) is 0.746. The van der Waals surface area contributed by atoms with E-state index in [4.69, 9.17) is 4.74 Å². The minimum Gasteiger partial charge on any atom is -0.493 e. The molecule has 2 heterocycles. The molecule has 0 aromatic heterocycles. The van der Waals surface area contributed by atoms with Crippen molar-refractivity contribution < 1.29 is 9.53 Å². The average molecular weight is 325 g/mol. The number of carbonyl (C=O) groups excluding carboxylic acids is 1. The van der Waals surface area contributed by atoms with Gasteiger partial charge < -0.3 is 15.0 Å². The molecule has 1 unspecified atom stereocenters. The van der Waals surface area contributed by atoms with E-state index in [0.29, 0.717) is 5.92 Å². The van der Waals surface area contributed by atoms with Gasteiger partial charge in [-0.3, -0.25) is 4.79 Å². The maximum atomic E-state index is 12.4. The number of rotatable bonds is 4. The van der Waals surface area contributed by atoms with E-state index in [1.165, 1.54) is 12.8 Å². The zero-order valence-electron chi connectivity index (χ0n) is 12.9. The zero-order valence-corrected chi connectivity index (χ0v) is 13.7. The van der Waals surface area contributed by atoms with Crippen LogP contribution in [0.5, 0.6) is 5.75 Å². The molecule has 4 nitrogen and oxygen atoms in total. The average Bonchev–Trinajstić information content (AvgIpc) is 3.08.